The molecule has 1 fully saturated rings. The SMILES string of the molecule is CC[C@H](O)c1ccc(SCC2CCCC2)cc1. The Morgan fingerprint density at radius 1 is 1.24 bits per heavy atom. The molecule has 0 radical (unpaired) electrons. The molecule has 1 nitrogen and oxygen atoms in total. The Kier molecular flexibility index (Phi) is 4.93. The molecule has 0 amide bonds. The van der Waals surface area contributed by atoms with Crippen molar-refractivity contribution < 1.29 is 5.11 Å². The van der Waals surface area contributed by atoms with Crippen LogP contribution in [0.5, 0.6) is 0 Å². The number of aliphatic hydroxyl groups is 1. The average molecular weight is 250 g/mol. The van der Waals surface area contributed by atoms with Crippen molar-refractivity contribution >= 4 is 11.8 Å². The maximum absolute atomic E-state index is 9.72. The van der Waals surface area contributed by atoms with E-state index in [1.54, 1.807) is 0 Å². The number of benzene rings is 1. The molecule has 0 saturated heterocycles. The van der Waals surface area contributed by atoms with Crippen molar-refractivity contribution in [2.45, 2.75) is 50.0 Å². The van der Waals surface area contributed by atoms with Crippen LogP contribution < -0.4 is 0 Å². The second-order valence-electron chi connectivity index (χ2n) is 4.95. The molecular weight excluding hydrogens is 228 g/mol. The summed E-state index contributed by atoms with van der Waals surface area (Å²) in [6.07, 6.45) is 6.16. The summed E-state index contributed by atoms with van der Waals surface area (Å²) in [7, 11) is 0. The van der Waals surface area contributed by atoms with Crippen molar-refractivity contribution in [3.05, 3.63) is 29.8 Å². The van der Waals surface area contributed by atoms with E-state index in [1.165, 1.54) is 36.3 Å². The molecule has 0 bridgehead atoms. The predicted octanol–water partition coefficient (Wildman–Crippen LogP) is 4.41. The van der Waals surface area contributed by atoms with E-state index in [-0.39, 0.29) is 6.10 Å². The number of thioether (sulfide) groups is 1. The summed E-state index contributed by atoms with van der Waals surface area (Å²) in [5.41, 5.74) is 1.04. The van der Waals surface area contributed by atoms with Crippen LogP contribution in [0, 0.1) is 5.92 Å². The van der Waals surface area contributed by atoms with Crippen LogP contribution in [0.3, 0.4) is 0 Å². The summed E-state index contributed by atoms with van der Waals surface area (Å²) in [5, 5.41) is 9.72. The highest BCUT2D eigenvalue weighted by Crippen LogP contribution is 2.31. The van der Waals surface area contributed by atoms with E-state index < -0.39 is 0 Å². The van der Waals surface area contributed by atoms with E-state index in [0.717, 1.165) is 17.9 Å². The summed E-state index contributed by atoms with van der Waals surface area (Å²) in [4.78, 5) is 1.34. The van der Waals surface area contributed by atoms with Crippen LogP contribution >= 0.6 is 11.8 Å². The minimum Gasteiger partial charge on any atom is -0.388 e. The summed E-state index contributed by atoms with van der Waals surface area (Å²) in [6.45, 7) is 2.01. The van der Waals surface area contributed by atoms with E-state index in [9.17, 15) is 5.11 Å². The molecule has 1 aromatic carbocycles. The maximum Gasteiger partial charge on any atom is 0.0787 e. The molecule has 1 saturated carbocycles. The number of aliphatic hydroxyl groups excluding tert-OH is 1. The zero-order valence-electron chi connectivity index (χ0n) is 10.6. The first-order valence-corrected chi connectivity index (χ1v) is 7.69. The third-order valence-electron chi connectivity index (χ3n) is 3.61. The molecule has 0 heterocycles. The second-order valence-corrected chi connectivity index (χ2v) is 6.05. The summed E-state index contributed by atoms with van der Waals surface area (Å²) in [5.74, 6) is 2.19. The van der Waals surface area contributed by atoms with E-state index in [1.807, 2.05) is 18.7 Å². The topological polar surface area (TPSA) is 20.2 Å². The van der Waals surface area contributed by atoms with Gasteiger partial charge in [-0.1, -0.05) is 31.9 Å². The minimum atomic E-state index is -0.302. The van der Waals surface area contributed by atoms with Crippen LogP contribution in [0.25, 0.3) is 0 Å². The van der Waals surface area contributed by atoms with E-state index in [2.05, 4.69) is 24.3 Å². The van der Waals surface area contributed by atoms with Crippen LogP contribution in [0.15, 0.2) is 29.2 Å². The molecular formula is C15H22OS. The molecule has 0 aromatic heterocycles. The Morgan fingerprint density at radius 2 is 1.88 bits per heavy atom. The largest absolute Gasteiger partial charge is 0.388 e. The maximum atomic E-state index is 9.72. The lowest BCUT2D eigenvalue weighted by atomic mass is 10.1. The number of rotatable bonds is 5. The Hall–Kier alpha value is -0.470. The molecule has 17 heavy (non-hydrogen) atoms. The zero-order chi connectivity index (χ0) is 12.1. The first-order valence-electron chi connectivity index (χ1n) is 6.70. The predicted molar refractivity (Wildman–Crippen MR) is 74.4 cm³/mol. The van der Waals surface area contributed by atoms with Gasteiger partial charge >= 0.3 is 0 Å². The molecule has 0 unspecified atom stereocenters. The van der Waals surface area contributed by atoms with Crippen LogP contribution in [0.4, 0.5) is 0 Å². The monoisotopic (exact) mass is 250 g/mol. The van der Waals surface area contributed by atoms with Gasteiger partial charge < -0.3 is 5.11 Å². The van der Waals surface area contributed by atoms with Crippen molar-refractivity contribution in [3.63, 3.8) is 0 Å². The third kappa shape index (κ3) is 3.75. The first-order chi connectivity index (χ1) is 8.29. The van der Waals surface area contributed by atoms with Gasteiger partial charge in [0.15, 0.2) is 0 Å². The highest BCUT2D eigenvalue weighted by molar-refractivity contribution is 7.99. The molecule has 94 valence electrons. The van der Waals surface area contributed by atoms with Gasteiger partial charge in [-0.15, -0.1) is 11.8 Å². The molecule has 1 aliphatic carbocycles. The van der Waals surface area contributed by atoms with Gasteiger partial charge in [-0.05, 0) is 42.9 Å². The number of hydrogen-bond acceptors (Lipinski definition) is 2. The zero-order valence-corrected chi connectivity index (χ0v) is 11.4. The van der Waals surface area contributed by atoms with Crippen LogP contribution in [0.2, 0.25) is 0 Å². The summed E-state index contributed by atoms with van der Waals surface area (Å²) < 4.78 is 0. The summed E-state index contributed by atoms with van der Waals surface area (Å²) in [6, 6.07) is 8.41. The molecule has 1 N–H and O–H groups in total. The highest BCUT2D eigenvalue weighted by atomic mass is 32.2. The molecule has 1 atom stereocenters. The van der Waals surface area contributed by atoms with Crippen LogP contribution in [0.1, 0.15) is 50.7 Å². The van der Waals surface area contributed by atoms with Gasteiger partial charge in [0.05, 0.1) is 6.10 Å². The Morgan fingerprint density at radius 3 is 2.47 bits per heavy atom. The lowest BCUT2D eigenvalue weighted by molar-refractivity contribution is 0.173. The Balaban J connectivity index is 1.84. The molecule has 2 heteroatoms. The van der Waals surface area contributed by atoms with Crippen molar-refractivity contribution in [2.24, 2.45) is 5.92 Å². The van der Waals surface area contributed by atoms with Crippen molar-refractivity contribution in [1.29, 1.82) is 0 Å². The third-order valence-corrected chi connectivity index (χ3v) is 4.86. The first kappa shape index (κ1) is 13.0. The van der Waals surface area contributed by atoms with Gasteiger partial charge in [0.25, 0.3) is 0 Å². The van der Waals surface area contributed by atoms with Gasteiger partial charge in [0.1, 0.15) is 0 Å². The van der Waals surface area contributed by atoms with E-state index >= 15 is 0 Å². The van der Waals surface area contributed by atoms with E-state index in [4.69, 9.17) is 0 Å². The molecule has 2 rings (SSSR count). The van der Waals surface area contributed by atoms with E-state index in [0.29, 0.717) is 0 Å². The molecule has 0 aliphatic heterocycles. The smallest absolute Gasteiger partial charge is 0.0787 e. The second kappa shape index (κ2) is 6.46. The van der Waals surface area contributed by atoms with Gasteiger partial charge in [-0.25, -0.2) is 0 Å². The molecule has 0 spiro atoms. The average Bonchev–Trinajstić information content (AvgIpc) is 2.89. The fourth-order valence-corrected chi connectivity index (χ4v) is 3.50. The fourth-order valence-electron chi connectivity index (χ4n) is 2.41. The van der Waals surface area contributed by atoms with Crippen molar-refractivity contribution in [3.8, 4) is 0 Å². The van der Waals surface area contributed by atoms with Gasteiger partial charge in [-0.2, -0.15) is 0 Å². The lowest BCUT2D eigenvalue weighted by Gasteiger charge is -2.10. The van der Waals surface area contributed by atoms with Gasteiger partial charge in [-0.3, -0.25) is 0 Å². The van der Waals surface area contributed by atoms with Gasteiger partial charge in [0.2, 0.25) is 0 Å². The van der Waals surface area contributed by atoms with Crippen molar-refractivity contribution in [2.75, 3.05) is 5.75 Å². The quantitative estimate of drug-likeness (QED) is 0.781. The normalized spacial score (nSPS) is 18.5. The number of hydrogen-bond donors (Lipinski definition) is 1. The Bertz CT molecular complexity index is 327. The summed E-state index contributed by atoms with van der Waals surface area (Å²) >= 11 is 1.96. The Labute approximate surface area is 109 Å². The lowest BCUT2D eigenvalue weighted by Crippen LogP contribution is -1.97. The molecule has 1 aliphatic rings. The standard InChI is InChI=1S/C15H22OS/c1-2-15(16)13-7-9-14(10-8-13)17-11-12-5-3-4-6-12/h7-10,12,15-16H,2-6,11H2,1H3/t15-/m0/s1. The highest BCUT2D eigenvalue weighted by Gasteiger charge is 2.14. The van der Waals surface area contributed by atoms with Crippen LogP contribution in [-0.4, -0.2) is 10.9 Å². The fraction of sp³-hybridized carbons (Fsp3) is 0.600. The van der Waals surface area contributed by atoms with Crippen molar-refractivity contribution in [1.82, 2.24) is 0 Å². The van der Waals surface area contributed by atoms with Gasteiger partial charge in [0, 0.05) is 10.6 Å². The van der Waals surface area contributed by atoms with Crippen LogP contribution in [-0.2, 0) is 0 Å². The minimum absolute atomic E-state index is 0.302. The molecule has 1 aromatic rings.